The van der Waals surface area contributed by atoms with E-state index in [-0.39, 0.29) is 23.8 Å². The fourth-order valence-electron chi connectivity index (χ4n) is 4.36. The number of hydrogen-bond donors (Lipinski definition) is 1. The second-order valence-electron chi connectivity index (χ2n) is 7.04. The van der Waals surface area contributed by atoms with Crippen LogP contribution < -0.4 is 4.74 Å². The molecule has 1 saturated heterocycles. The van der Waals surface area contributed by atoms with E-state index < -0.39 is 0 Å². The Morgan fingerprint density at radius 2 is 2.30 bits per heavy atom. The highest BCUT2D eigenvalue weighted by Crippen LogP contribution is 2.42. The average Bonchev–Trinajstić information content (AvgIpc) is 3.19. The Labute approximate surface area is 138 Å². The summed E-state index contributed by atoms with van der Waals surface area (Å²) in [5, 5.41) is 9.79. The molecule has 2 unspecified atom stereocenters. The molecule has 3 rings (SSSR count). The number of amides is 1. The standard InChI is InChI=1S/C19H27NO3/c1-3-9-19(13-21)10-11-20(12-19)18(22)15-8-7-14-5-4-6-16(23-2)17(14)15/h4-6,15,21H,3,7-13H2,1-2H3. The van der Waals surface area contributed by atoms with Gasteiger partial charge in [-0.1, -0.05) is 25.5 Å². The van der Waals surface area contributed by atoms with Crippen LogP contribution in [-0.2, 0) is 11.2 Å². The summed E-state index contributed by atoms with van der Waals surface area (Å²) in [7, 11) is 1.67. The lowest BCUT2D eigenvalue weighted by Crippen LogP contribution is -2.36. The first kappa shape index (κ1) is 16.3. The molecule has 1 amide bonds. The van der Waals surface area contributed by atoms with Crippen LogP contribution in [0.3, 0.4) is 0 Å². The predicted octanol–water partition coefficient (Wildman–Crippen LogP) is 2.74. The molecule has 0 spiro atoms. The van der Waals surface area contributed by atoms with Gasteiger partial charge in [0.15, 0.2) is 0 Å². The first-order valence-electron chi connectivity index (χ1n) is 8.69. The van der Waals surface area contributed by atoms with Gasteiger partial charge in [0.05, 0.1) is 19.6 Å². The molecular weight excluding hydrogens is 290 g/mol. The van der Waals surface area contributed by atoms with E-state index in [2.05, 4.69) is 13.0 Å². The number of hydrogen-bond acceptors (Lipinski definition) is 3. The first-order chi connectivity index (χ1) is 11.1. The summed E-state index contributed by atoms with van der Waals surface area (Å²) >= 11 is 0. The van der Waals surface area contributed by atoms with Gasteiger partial charge in [0, 0.05) is 24.1 Å². The Bertz CT molecular complexity index is 586. The molecule has 1 heterocycles. The lowest BCUT2D eigenvalue weighted by Gasteiger charge is -2.28. The molecular formula is C19H27NO3. The minimum Gasteiger partial charge on any atom is -0.496 e. The molecule has 0 aromatic heterocycles. The number of aryl methyl sites for hydroxylation is 1. The van der Waals surface area contributed by atoms with Crippen molar-refractivity contribution in [3.8, 4) is 5.75 Å². The van der Waals surface area contributed by atoms with Gasteiger partial charge < -0.3 is 14.7 Å². The fraction of sp³-hybridized carbons (Fsp3) is 0.632. The number of ether oxygens (including phenoxy) is 1. The van der Waals surface area contributed by atoms with Gasteiger partial charge in [0.1, 0.15) is 5.75 Å². The van der Waals surface area contributed by atoms with Crippen molar-refractivity contribution >= 4 is 5.91 Å². The minimum absolute atomic E-state index is 0.0859. The molecule has 1 fully saturated rings. The summed E-state index contributed by atoms with van der Waals surface area (Å²) < 4.78 is 5.49. The molecule has 0 saturated carbocycles. The Balaban J connectivity index is 1.79. The zero-order valence-corrected chi connectivity index (χ0v) is 14.2. The maximum atomic E-state index is 13.1. The number of rotatable bonds is 5. The van der Waals surface area contributed by atoms with Crippen molar-refractivity contribution in [2.75, 3.05) is 26.8 Å². The first-order valence-corrected chi connectivity index (χ1v) is 8.69. The van der Waals surface area contributed by atoms with Gasteiger partial charge in [0.2, 0.25) is 5.91 Å². The van der Waals surface area contributed by atoms with Gasteiger partial charge in [-0.2, -0.15) is 0 Å². The van der Waals surface area contributed by atoms with Crippen molar-refractivity contribution in [2.24, 2.45) is 5.41 Å². The van der Waals surface area contributed by atoms with E-state index >= 15 is 0 Å². The minimum atomic E-state index is -0.0907. The second-order valence-corrected chi connectivity index (χ2v) is 7.04. The normalized spacial score (nSPS) is 26.4. The van der Waals surface area contributed by atoms with E-state index in [0.29, 0.717) is 6.54 Å². The number of methoxy groups -OCH3 is 1. The maximum Gasteiger partial charge on any atom is 0.230 e. The van der Waals surface area contributed by atoms with Gasteiger partial charge >= 0.3 is 0 Å². The highest BCUT2D eigenvalue weighted by molar-refractivity contribution is 5.86. The highest BCUT2D eigenvalue weighted by atomic mass is 16.5. The summed E-state index contributed by atoms with van der Waals surface area (Å²) in [6, 6.07) is 6.05. The molecule has 1 aliphatic carbocycles. The summed E-state index contributed by atoms with van der Waals surface area (Å²) in [4.78, 5) is 15.0. The lowest BCUT2D eigenvalue weighted by atomic mass is 9.83. The van der Waals surface area contributed by atoms with Crippen LogP contribution in [0.2, 0.25) is 0 Å². The third-order valence-electron chi connectivity index (χ3n) is 5.59. The molecule has 23 heavy (non-hydrogen) atoms. The zero-order valence-electron chi connectivity index (χ0n) is 14.2. The number of benzene rings is 1. The van der Waals surface area contributed by atoms with Crippen molar-refractivity contribution in [3.63, 3.8) is 0 Å². The number of carbonyl (C=O) groups is 1. The smallest absolute Gasteiger partial charge is 0.230 e. The molecule has 1 N–H and O–H groups in total. The largest absolute Gasteiger partial charge is 0.496 e. The predicted molar refractivity (Wildman–Crippen MR) is 89.7 cm³/mol. The van der Waals surface area contributed by atoms with E-state index in [0.717, 1.165) is 50.0 Å². The SMILES string of the molecule is CCCC1(CO)CCN(C(=O)C2CCc3cccc(OC)c32)C1. The number of fused-ring (bicyclic) bond motifs is 1. The summed E-state index contributed by atoms with van der Waals surface area (Å²) in [5.41, 5.74) is 2.23. The van der Waals surface area contributed by atoms with Gasteiger partial charge in [-0.15, -0.1) is 0 Å². The third kappa shape index (κ3) is 2.85. The van der Waals surface area contributed by atoms with Crippen LogP contribution in [0, 0.1) is 5.41 Å². The van der Waals surface area contributed by atoms with Crippen molar-refractivity contribution in [1.82, 2.24) is 4.90 Å². The Hall–Kier alpha value is -1.55. The average molecular weight is 317 g/mol. The molecule has 2 aliphatic rings. The van der Waals surface area contributed by atoms with Crippen LogP contribution in [0.15, 0.2) is 18.2 Å². The number of nitrogens with zero attached hydrogens (tertiary/aromatic N) is 1. The van der Waals surface area contributed by atoms with Gasteiger partial charge in [0.25, 0.3) is 0 Å². The number of aliphatic hydroxyl groups is 1. The van der Waals surface area contributed by atoms with Crippen LogP contribution in [-0.4, -0.2) is 42.7 Å². The fourth-order valence-corrected chi connectivity index (χ4v) is 4.36. The summed E-state index contributed by atoms with van der Waals surface area (Å²) in [5.74, 6) is 0.955. The topological polar surface area (TPSA) is 49.8 Å². The molecule has 0 bridgehead atoms. The van der Waals surface area contributed by atoms with E-state index in [1.54, 1.807) is 7.11 Å². The molecule has 4 nitrogen and oxygen atoms in total. The highest BCUT2D eigenvalue weighted by Gasteiger charge is 2.42. The van der Waals surface area contributed by atoms with Crippen molar-refractivity contribution < 1.29 is 14.6 Å². The number of carbonyl (C=O) groups excluding carboxylic acids is 1. The lowest BCUT2D eigenvalue weighted by molar-refractivity contribution is -0.132. The monoisotopic (exact) mass is 317 g/mol. The Morgan fingerprint density at radius 3 is 3.00 bits per heavy atom. The van der Waals surface area contributed by atoms with E-state index in [9.17, 15) is 9.90 Å². The Morgan fingerprint density at radius 1 is 1.48 bits per heavy atom. The zero-order chi connectivity index (χ0) is 16.4. The van der Waals surface area contributed by atoms with Crippen molar-refractivity contribution in [3.05, 3.63) is 29.3 Å². The van der Waals surface area contributed by atoms with E-state index in [4.69, 9.17) is 4.74 Å². The van der Waals surface area contributed by atoms with Crippen LogP contribution in [0.1, 0.15) is 49.7 Å². The molecule has 1 aliphatic heterocycles. The van der Waals surface area contributed by atoms with Crippen LogP contribution >= 0.6 is 0 Å². The molecule has 1 aromatic carbocycles. The van der Waals surface area contributed by atoms with Crippen LogP contribution in [0.5, 0.6) is 5.75 Å². The molecule has 2 atom stereocenters. The third-order valence-corrected chi connectivity index (χ3v) is 5.59. The number of likely N-dealkylation sites (tertiary alicyclic amines) is 1. The van der Waals surface area contributed by atoms with E-state index in [1.807, 2.05) is 17.0 Å². The quantitative estimate of drug-likeness (QED) is 0.908. The summed E-state index contributed by atoms with van der Waals surface area (Å²) in [6.07, 6.45) is 4.75. The Kier molecular flexibility index (Phi) is 4.62. The van der Waals surface area contributed by atoms with Crippen molar-refractivity contribution in [1.29, 1.82) is 0 Å². The van der Waals surface area contributed by atoms with E-state index in [1.165, 1.54) is 5.56 Å². The molecule has 126 valence electrons. The molecule has 4 heteroatoms. The second kappa shape index (κ2) is 6.52. The number of aliphatic hydroxyl groups excluding tert-OH is 1. The van der Waals surface area contributed by atoms with Crippen LogP contribution in [0.25, 0.3) is 0 Å². The van der Waals surface area contributed by atoms with Crippen LogP contribution in [0.4, 0.5) is 0 Å². The maximum absolute atomic E-state index is 13.1. The van der Waals surface area contributed by atoms with Gasteiger partial charge in [-0.25, -0.2) is 0 Å². The molecule has 1 aromatic rings. The van der Waals surface area contributed by atoms with Gasteiger partial charge in [-0.05, 0) is 37.3 Å². The van der Waals surface area contributed by atoms with Crippen molar-refractivity contribution in [2.45, 2.75) is 44.9 Å². The van der Waals surface area contributed by atoms with Gasteiger partial charge in [-0.3, -0.25) is 4.79 Å². The summed E-state index contributed by atoms with van der Waals surface area (Å²) in [6.45, 7) is 3.77. The molecule has 0 radical (unpaired) electrons.